The number of aromatic nitrogens is 1. The zero-order chi connectivity index (χ0) is 19.4. The first-order valence-corrected chi connectivity index (χ1v) is 8.89. The predicted octanol–water partition coefficient (Wildman–Crippen LogP) is 6.70. The molecule has 5 heteroatoms. The van der Waals surface area contributed by atoms with E-state index in [9.17, 15) is 10.2 Å². The zero-order valence-corrected chi connectivity index (χ0v) is 15.6. The molecule has 0 saturated carbocycles. The lowest BCUT2D eigenvalue weighted by molar-refractivity contribution is 0.457. The predicted molar refractivity (Wildman–Crippen MR) is 111 cm³/mol. The van der Waals surface area contributed by atoms with E-state index in [0.717, 1.165) is 16.6 Å². The van der Waals surface area contributed by atoms with Crippen molar-refractivity contribution in [1.82, 2.24) is 4.98 Å². The maximum atomic E-state index is 10.5. The van der Waals surface area contributed by atoms with Crippen LogP contribution in [0, 0.1) is 5.92 Å². The average Bonchev–Trinajstić information content (AvgIpc) is 2.94. The minimum absolute atomic E-state index is 0.0597. The van der Waals surface area contributed by atoms with Crippen LogP contribution in [0.5, 0.6) is 11.6 Å². The summed E-state index contributed by atoms with van der Waals surface area (Å²) in [6.45, 7) is 6.06. The van der Waals surface area contributed by atoms with E-state index in [0.29, 0.717) is 22.7 Å². The minimum Gasteiger partial charge on any atom is -0.505 e. The van der Waals surface area contributed by atoms with Gasteiger partial charge in [0.2, 0.25) is 5.88 Å². The smallest absolute Gasteiger partial charge is 0.218 e. The number of aromatic hydroxyl groups is 2. The summed E-state index contributed by atoms with van der Waals surface area (Å²) in [6, 6.07) is 11.1. The summed E-state index contributed by atoms with van der Waals surface area (Å²) in [7, 11) is 0. The summed E-state index contributed by atoms with van der Waals surface area (Å²) in [5.74, 6) is 0.366. The van der Waals surface area contributed by atoms with Gasteiger partial charge in [0.15, 0.2) is 11.4 Å². The fourth-order valence-electron chi connectivity index (χ4n) is 2.79. The molecule has 0 bridgehead atoms. The highest BCUT2D eigenvalue weighted by Crippen LogP contribution is 2.39. The van der Waals surface area contributed by atoms with Gasteiger partial charge in [0.25, 0.3) is 0 Å². The van der Waals surface area contributed by atoms with E-state index in [1.807, 2.05) is 61.6 Å². The first-order chi connectivity index (χ1) is 13.0. The number of nitrogens with one attached hydrogen (secondary N) is 1. The quantitative estimate of drug-likeness (QED) is 0.442. The molecule has 0 saturated heterocycles. The lowest BCUT2D eigenvalue weighted by atomic mass is 10.1. The van der Waals surface area contributed by atoms with Crippen LogP contribution in [0.4, 0.5) is 11.4 Å². The number of phenols is 1. The number of phenolic OH excluding ortho intramolecular Hbond substituents is 1. The van der Waals surface area contributed by atoms with Gasteiger partial charge in [0, 0.05) is 10.9 Å². The van der Waals surface area contributed by atoms with Gasteiger partial charge in [0.1, 0.15) is 5.69 Å². The van der Waals surface area contributed by atoms with E-state index < -0.39 is 0 Å². The molecular weight excluding hydrogens is 338 g/mol. The monoisotopic (exact) mass is 361 g/mol. The Labute approximate surface area is 158 Å². The highest BCUT2D eigenvalue weighted by Gasteiger charge is 2.14. The fourth-order valence-corrected chi connectivity index (χ4v) is 2.79. The molecule has 138 valence electrons. The van der Waals surface area contributed by atoms with Gasteiger partial charge in [-0.05, 0) is 30.4 Å². The minimum atomic E-state index is -0.0597. The molecule has 0 aliphatic heterocycles. The van der Waals surface area contributed by atoms with Crippen LogP contribution < -0.4 is 0 Å². The normalized spacial score (nSPS) is 12.4. The number of allylic oxidation sites excluding steroid dienone is 2. The summed E-state index contributed by atoms with van der Waals surface area (Å²) < 4.78 is 0. The van der Waals surface area contributed by atoms with Crippen molar-refractivity contribution in [3.63, 3.8) is 0 Å². The van der Waals surface area contributed by atoms with Crippen molar-refractivity contribution in [2.45, 2.75) is 20.8 Å². The molecular formula is C22H23N3O2. The molecule has 0 spiro atoms. The maximum Gasteiger partial charge on any atom is 0.218 e. The van der Waals surface area contributed by atoms with Crippen LogP contribution in [0.15, 0.2) is 58.8 Å². The molecule has 0 unspecified atom stereocenters. The molecule has 3 aromatic rings. The Bertz CT molecular complexity index is 1040. The molecule has 1 aromatic heterocycles. The number of aromatic amines is 1. The van der Waals surface area contributed by atoms with E-state index in [2.05, 4.69) is 29.1 Å². The number of fused-ring (bicyclic) bond motifs is 1. The van der Waals surface area contributed by atoms with E-state index >= 15 is 0 Å². The topological polar surface area (TPSA) is 81.0 Å². The second-order valence-electron chi connectivity index (χ2n) is 6.61. The summed E-state index contributed by atoms with van der Waals surface area (Å²) in [6.07, 6.45) is 7.70. The van der Waals surface area contributed by atoms with Gasteiger partial charge >= 0.3 is 0 Å². The van der Waals surface area contributed by atoms with Gasteiger partial charge < -0.3 is 15.2 Å². The van der Waals surface area contributed by atoms with Crippen LogP contribution in [0.1, 0.15) is 32.0 Å². The van der Waals surface area contributed by atoms with Gasteiger partial charge in [-0.2, -0.15) is 0 Å². The molecule has 0 aliphatic rings. The summed E-state index contributed by atoms with van der Waals surface area (Å²) in [4.78, 5) is 2.92. The van der Waals surface area contributed by atoms with Crippen molar-refractivity contribution in [2.24, 2.45) is 16.1 Å². The van der Waals surface area contributed by atoms with E-state index in [4.69, 9.17) is 0 Å². The third-order valence-electron chi connectivity index (χ3n) is 4.14. The molecule has 0 radical (unpaired) electrons. The molecule has 3 rings (SSSR count). The van der Waals surface area contributed by atoms with E-state index in [1.165, 1.54) is 0 Å². The Morgan fingerprint density at radius 2 is 1.78 bits per heavy atom. The number of hydrogen-bond donors (Lipinski definition) is 3. The highest BCUT2D eigenvalue weighted by molar-refractivity contribution is 5.92. The summed E-state index contributed by atoms with van der Waals surface area (Å²) in [5.41, 5.74) is 2.19. The Kier molecular flexibility index (Phi) is 5.41. The number of H-pyrrole nitrogens is 1. The first-order valence-electron chi connectivity index (χ1n) is 8.89. The highest BCUT2D eigenvalue weighted by atomic mass is 16.3. The number of azo groups is 1. The first kappa shape index (κ1) is 18.5. The Hall–Kier alpha value is -3.34. The van der Waals surface area contributed by atoms with E-state index in [-0.39, 0.29) is 11.6 Å². The largest absolute Gasteiger partial charge is 0.505 e. The maximum absolute atomic E-state index is 10.5. The molecule has 5 nitrogen and oxygen atoms in total. The lowest BCUT2D eigenvalue weighted by Crippen LogP contribution is -1.80. The van der Waals surface area contributed by atoms with Gasteiger partial charge in [-0.25, -0.2) is 0 Å². The fraction of sp³-hybridized carbons (Fsp3) is 0.182. The van der Waals surface area contributed by atoms with Crippen LogP contribution in [0.2, 0.25) is 0 Å². The number of nitrogens with zero attached hydrogens (tertiary/aromatic N) is 2. The molecule has 0 amide bonds. The molecule has 27 heavy (non-hydrogen) atoms. The lowest BCUT2D eigenvalue weighted by Gasteiger charge is -2.03. The second kappa shape index (κ2) is 7.91. The molecule has 0 fully saturated rings. The van der Waals surface area contributed by atoms with Crippen molar-refractivity contribution in [3.05, 3.63) is 59.8 Å². The number of rotatable bonds is 5. The third kappa shape index (κ3) is 3.92. The van der Waals surface area contributed by atoms with Crippen molar-refractivity contribution < 1.29 is 10.2 Å². The van der Waals surface area contributed by atoms with Crippen molar-refractivity contribution >= 4 is 34.3 Å². The SMILES string of the molecule is C/C=C\c1[nH]c(O)c(N=Nc2ccc3ccccc3c2O)c1/C=C\C(C)C. The molecule has 0 aliphatic carbocycles. The van der Waals surface area contributed by atoms with Crippen molar-refractivity contribution in [3.8, 4) is 11.6 Å². The molecule has 2 aromatic carbocycles. The van der Waals surface area contributed by atoms with Gasteiger partial charge in [0.05, 0.1) is 5.69 Å². The Balaban J connectivity index is 2.06. The van der Waals surface area contributed by atoms with Crippen LogP contribution >= 0.6 is 0 Å². The average molecular weight is 361 g/mol. The molecule has 0 atom stereocenters. The number of benzene rings is 2. The van der Waals surface area contributed by atoms with Gasteiger partial charge in [-0.15, -0.1) is 10.2 Å². The third-order valence-corrected chi connectivity index (χ3v) is 4.14. The summed E-state index contributed by atoms with van der Waals surface area (Å²) >= 11 is 0. The van der Waals surface area contributed by atoms with Crippen molar-refractivity contribution in [1.29, 1.82) is 0 Å². The Morgan fingerprint density at radius 3 is 2.52 bits per heavy atom. The van der Waals surface area contributed by atoms with Crippen LogP contribution in [-0.2, 0) is 0 Å². The van der Waals surface area contributed by atoms with Gasteiger partial charge in [-0.3, -0.25) is 0 Å². The molecule has 1 heterocycles. The van der Waals surface area contributed by atoms with E-state index in [1.54, 1.807) is 6.07 Å². The van der Waals surface area contributed by atoms with Crippen LogP contribution in [0.3, 0.4) is 0 Å². The van der Waals surface area contributed by atoms with Crippen molar-refractivity contribution in [2.75, 3.05) is 0 Å². The van der Waals surface area contributed by atoms with Crippen LogP contribution in [0.25, 0.3) is 22.9 Å². The second-order valence-corrected chi connectivity index (χ2v) is 6.61. The molecule has 3 N–H and O–H groups in total. The van der Waals surface area contributed by atoms with Gasteiger partial charge in [-0.1, -0.05) is 62.4 Å². The van der Waals surface area contributed by atoms with Crippen LogP contribution in [-0.4, -0.2) is 15.2 Å². The zero-order valence-electron chi connectivity index (χ0n) is 15.6. The number of hydrogen-bond acceptors (Lipinski definition) is 4. The Morgan fingerprint density at radius 1 is 1.00 bits per heavy atom. The summed E-state index contributed by atoms with van der Waals surface area (Å²) in [5, 5.41) is 30.8. The standard InChI is InChI=1S/C22H23N3O2/c1-4-7-18-17(12-10-14(2)3)20(22(27)23-18)25-24-19-13-11-15-8-5-6-9-16(15)21(19)26/h4-14,23,26-27H,1-3H3/b7-4-,12-10-,25-24?.